The predicted molar refractivity (Wildman–Crippen MR) is 43.9 cm³/mol. The topological polar surface area (TPSA) is 0 Å². The van der Waals surface area contributed by atoms with Crippen LogP contribution < -0.4 is 0 Å². The molecular formula is C8H17In. The van der Waals surface area contributed by atoms with Crippen LogP contribution >= 0.6 is 0 Å². The van der Waals surface area contributed by atoms with E-state index in [1.165, 1.54) is 54.2 Å². The first-order chi connectivity index (χ1) is 4.35. The molecule has 1 unspecified atom stereocenters. The minimum atomic E-state index is 1.06. The Morgan fingerprint density at radius 3 is 2.33 bits per heavy atom. The van der Waals surface area contributed by atoms with E-state index in [0.29, 0.717) is 0 Å². The molecule has 0 aromatic heterocycles. The normalized spacial score (nSPS) is 13.6. The van der Waals surface area contributed by atoms with Gasteiger partial charge in [0, 0.05) is 0 Å². The van der Waals surface area contributed by atoms with Gasteiger partial charge in [0.25, 0.3) is 0 Å². The summed E-state index contributed by atoms with van der Waals surface area (Å²) in [5.74, 6) is 1.06. The molecule has 0 nitrogen and oxygen atoms in total. The van der Waals surface area contributed by atoms with Crippen LogP contribution in [0, 0.1) is 5.92 Å². The Bertz CT molecular complexity index is 48.5. The first-order valence-electron chi connectivity index (χ1n) is 4.05. The number of unbranched alkanes of at least 4 members (excludes halogenated alkanes) is 1. The Morgan fingerprint density at radius 2 is 2.00 bits per heavy atom. The second kappa shape index (κ2) is 6.98. The van der Waals surface area contributed by atoms with E-state index < -0.39 is 0 Å². The molecule has 0 heterocycles. The van der Waals surface area contributed by atoms with E-state index in [-0.39, 0.29) is 0 Å². The zero-order chi connectivity index (χ0) is 7.11. The van der Waals surface area contributed by atoms with Crippen molar-refractivity contribution >= 4 is 24.4 Å². The molecule has 0 saturated carbocycles. The van der Waals surface area contributed by atoms with Gasteiger partial charge in [-0.15, -0.1) is 0 Å². The van der Waals surface area contributed by atoms with Crippen molar-refractivity contribution < 1.29 is 0 Å². The summed E-state index contributed by atoms with van der Waals surface area (Å²) in [6.07, 6.45) is 5.70. The van der Waals surface area contributed by atoms with Gasteiger partial charge in [-0.25, -0.2) is 0 Å². The van der Waals surface area contributed by atoms with Crippen molar-refractivity contribution in [2.24, 2.45) is 5.92 Å². The average molecular weight is 228 g/mol. The van der Waals surface area contributed by atoms with E-state index in [2.05, 4.69) is 13.8 Å². The molecule has 0 aromatic carbocycles. The van der Waals surface area contributed by atoms with Crippen molar-refractivity contribution in [1.82, 2.24) is 0 Å². The summed E-state index contributed by atoms with van der Waals surface area (Å²) in [5.41, 5.74) is 0. The van der Waals surface area contributed by atoms with Gasteiger partial charge in [0.05, 0.1) is 0 Å². The van der Waals surface area contributed by atoms with E-state index in [0.717, 1.165) is 5.92 Å². The van der Waals surface area contributed by atoms with Crippen molar-refractivity contribution in [2.45, 2.75) is 43.7 Å². The van der Waals surface area contributed by atoms with E-state index in [1.54, 1.807) is 0 Å². The van der Waals surface area contributed by atoms with E-state index >= 15 is 0 Å². The predicted octanol–water partition coefficient (Wildman–Crippen LogP) is 2.79. The molecule has 1 atom stereocenters. The van der Waals surface area contributed by atoms with Gasteiger partial charge < -0.3 is 0 Å². The third-order valence-corrected chi connectivity index (χ3v) is 3.78. The monoisotopic (exact) mass is 228 g/mol. The molecule has 2 radical (unpaired) electrons. The molecule has 52 valence electrons. The van der Waals surface area contributed by atoms with Crippen LogP contribution in [0.15, 0.2) is 0 Å². The molecule has 0 bridgehead atoms. The maximum atomic E-state index is 2.32. The number of rotatable bonds is 5. The second-order valence-electron chi connectivity index (χ2n) is 2.65. The first kappa shape index (κ1) is 9.87. The average Bonchev–Trinajstić information content (AvgIpc) is 1.91. The van der Waals surface area contributed by atoms with Gasteiger partial charge >= 0.3 is 74.0 Å². The second-order valence-corrected chi connectivity index (χ2v) is 4.00. The van der Waals surface area contributed by atoms with E-state index in [4.69, 9.17) is 0 Å². The molecule has 0 saturated heterocycles. The summed E-state index contributed by atoms with van der Waals surface area (Å²) in [7, 11) is 0. The molecule has 0 aliphatic carbocycles. The quantitative estimate of drug-likeness (QED) is 0.678. The van der Waals surface area contributed by atoms with Gasteiger partial charge in [-0.05, 0) is 0 Å². The Morgan fingerprint density at radius 1 is 1.33 bits per heavy atom. The van der Waals surface area contributed by atoms with E-state index in [1.807, 2.05) is 0 Å². The van der Waals surface area contributed by atoms with Crippen molar-refractivity contribution in [1.29, 1.82) is 0 Å². The van der Waals surface area contributed by atoms with E-state index in [9.17, 15) is 0 Å². The molecule has 9 heavy (non-hydrogen) atoms. The Hall–Kier alpha value is 0.870. The number of hydrogen-bond acceptors (Lipinski definition) is 0. The molecule has 0 N–H and O–H groups in total. The Balaban J connectivity index is 3.09. The van der Waals surface area contributed by atoms with Gasteiger partial charge in [0.15, 0.2) is 0 Å². The van der Waals surface area contributed by atoms with Gasteiger partial charge in [-0.2, -0.15) is 0 Å². The van der Waals surface area contributed by atoms with Crippen LogP contribution in [0.25, 0.3) is 0 Å². The summed E-state index contributed by atoms with van der Waals surface area (Å²) in [6, 6.07) is 0. The fraction of sp³-hybridized carbons (Fsp3) is 1.00. The molecule has 0 aliphatic rings. The molecule has 0 fully saturated rings. The minimum absolute atomic E-state index is 1.06. The van der Waals surface area contributed by atoms with Crippen LogP contribution in [-0.2, 0) is 0 Å². The summed E-state index contributed by atoms with van der Waals surface area (Å²) >= 11 is 1.46. The van der Waals surface area contributed by atoms with Gasteiger partial charge in [0.1, 0.15) is 0 Å². The Labute approximate surface area is 74.0 Å². The molecule has 0 aromatic rings. The van der Waals surface area contributed by atoms with Crippen molar-refractivity contribution in [2.75, 3.05) is 0 Å². The van der Waals surface area contributed by atoms with Crippen molar-refractivity contribution in [3.8, 4) is 0 Å². The summed E-state index contributed by atoms with van der Waals surface area (Å²) < 4.78 is 1.50. The standard InChI is InChI=1S/C8H17.In/c1-4-6-7-8(3)5-2;/h8H,3-7H2,1-2H3;. The fourth-order valence-corrected chi connectivity index (χ4v) is 2.61. The van der Waals surface area contributed by atoms with Crippen LogP contribution in [0.4, 0.5) is 0 Å². The van der Waals surface area contributed by atoms with Crippen LogP contribution in [0.5, 0.6) is 0 Å². The molecule has 1 heteroatoms. The zero-order valence-corrected chi connectivity index (χ0v) is 9.99. The van der Waals surface area contributed by atoms with Gasteiger partial charge in [-0.1, -0.05) is 0 Å². The van der Waals surface area contributed by atoms with Crippen LogP contribution in [0.1, 0.15) is 39.5 Å². The zero-order valence-electron chi connectivity index (χ0n) is 6.69. The van der Waals surface area contributed by atoms with Gasteiger partial charge in [0.2, 0.25) is 0 Å². The third-order valence-electron chi connectivity index (χ3n) is 1.88. The molecular weight excluding hydrogens is 211 g/mol. The van der Waals surface area contributed by atoms with Crippen LogP contribution in [0.3, 0.4) is 0 Å². The summed E-state index contributed by atoms with van der Waals surface area (Å²) in [5, 5.41) is 0. The maximum absolute atomic E-state index is 2.32. The summed E-state index contributed by atoms with van der Waals surface area (Å²) in [4.78, 5) is 0. The SMILES string of the molecule is CCCCC(CC)[CH2][In]. The first-order valence-corrected chi connectivity index (χ1v) is 6.38. The number of hydrogen-bond donors (Lipinski definition) is 0. The fourth-order valence-electron chi connectivity index (χ4n) is 0.981. The van der Waals surface area contributed by atoms with Crippen molar-refractivity contribution in [3.63, 3.8) is 0 Å². The third kappa shape index (κ3) is 5.32. The van der Waals surface area contributed by atoms with Crippen LogP contribution in [0.2, 0.25) is 4.18 Å². The molecule has 0 aliphatic heterocycles. The van der Waals surface area contributed by atoms with Crippen molar-refractivity contribution in [3.05, 3.63) is 0 Å². The molecule has 0 rings (SSSR count). The molecule has 0 spiro atoms. The van der Waals surface area contributed by atoms with Crippen LogP contribution in [-0.4, -0.2) is 24.4 Å². The van der Waals surface area contributed by atoms with Gasteiger partial charge in [-0.3, -0.25) is 0 Å². The molecule has 0 amide bonds. The Kier molecular flexibility index (Phi) is 7.66. The summed E-state index contributed by atoms with van der Waals surface area (Å²) in [6.45, 7) is 4.59.